The van der Waals surface area contributed by atoms with Crippen LogP contribution < -0.4 is 5.32 Å². The lowest BCUT2D eigenvalue weighted by atomic mass is 9.97. The van der Waals surface area contributed by atoms with Gasteiger partial charge in [-0.05, 0) is 41.2 Å². The Morgan fingerprint density at radius 2 is 1.64 bits per heavy atom. The monoisotopic (exact) mass is 632 g/mol. The Labute approximate surface area is 249 Å². The van der Waals surface area contributed by atoms with Gasteiger partial charge in [0.2, 0.25) is 11.7 Å². The summed E-state index contributed by atoms with van der Waals surface area (Å²) in [4.78, 5) is 15.5. The van der Waals surface area contributed by atoms with E-state index in [1.165, 1.54) is 55.5 Å². The minimum atomic E-state index is -4.71. The van der Waals surface area contributed by atoms with Crippen molar-refractivity contribution in [1.29, 1.82) is 0 Å². The fourth-order valence-corrected chi connectivity index (χ4v) is 6.68. The van der Waals surface area contributed by atoms with Crippen molar-refractivity contribution in [3.8, 4) is 11.1 Å². The van der Waals surface area contributed by atoms with Gasteiger partial charge in [0, 0.05) is 27.0 Å². The number of nitrogens with one attached hydrogen (secondary N) is 1. The van der Waals surface area contributed by atoms with E-state index in [2.05, 4.69) is 5.32 Å². The van der Waals surface area contributed by atoms with E-state index in [-0.39, 0.29) is 35.9 Å². The second-order valence-corrected chi connectivity index (χ2v) is 13.8. The van der Waals surface area contributed by atoms with E-state index in [1.807, 2.05) is 13.8 Å². The molecule has 0 aromatic heterocycles. The molecule has 5 atom stereocenters. The Kier molecular flexibility index (Phi) is 9.66. The smallest absolute Gasteiger partial charge is 0.369 e. The number of amides is 1. The first-order valence-corrected chi connectivity index (χ1v) is 15.8. The second-order valence-electron chi connectivity index (χ2n) is 11.2. The maximum atomic E-state index is 14.5. The number of ether oxygens (including phenoxy) is 3. The SMILES string of the molecule is COC1(OC)COC2C(Cl)CN(C(=O)C(CC(C)C)NC(c3ccc(-c4ccc(S(C)(=O)=O)cc4)cc3)C(F)(F)F)C21. The molecule has 2 aliphatic heterocycles. The highest BCUT2D eigenvalue weighted by atomic mass is 35.5. The molecule has 1 N–H and O–H groups in total. The number of benzene rings is 2. The molecule has 5 unspecified atom stereocenters. The number of hydrogen-bond acceptors (Lipinski definition) is 7. The Morgan fingerprint density at radius 3 is 2.12 bits per heavy atom. The van der Waals surface area contributed by atoms with E-state index in [9.17, 15) is 26.4 Å². The minimum Gasteiger partial charge on any atom is -0.369 e. The predicted molar refractivity (Wildman–Crippen MR) is 152 cm³/mol. The number of carbonyl (C=O) groups excluding carboxylic acids is 1. The van der Waals surface area contributed by atoms with Gasteiger partial charge in [-0.3, -0.25) is 10.1 Å². The molecule has 0 radical (unpaired) electrons. The van der Waals surface area contributed by atoms with Crippen LogP contribution in [0.1, 0.15) is 31.9 Å². The number of hydrogen-bond donors (Lipinski definition) is 1. The van der Waals surface area contributed by atoms with Gasteiger partial charge in [0.25, 0.3) is 0 Å². The average molecular weight is 633 g/mol. The summed E-state index contributed by atoms with van der Waals surface area (Å²) < 4.78 is 84.0. The molecule has 2 aliphatic rings. The molecule has 2 fully saturated rings. The van der Waals surface area contributed by atoms with Crippen molar-refractivity contribution in [3.63, 3.8) is 0 Å². The summed E-state index contributed by atoms with van der Waals surface area (Å²) in [7, 11) is -0.533. The van der Waals surface area contributed by atoms with Crippen molar-refractivity contribution in [3.05, 3.63) is 54.1 Å². The molecule has 8 nitrogen and oxygen atoms in total. The Balaban J connectivity index is 1.61. The van der Waals surface area contributed by atoms with E-state index < -0.39 is 57.3 Å². The normalized spacial score (nSPS) is 23.7. The highest BCUT2D eigenvalue weighted by molar-refractivity contribution is 7.90. The third-order valence-electron chi connectivity index (χ3n) is 7.84. The summed E-state index contributed by atoms with van der Waals surface area (Å²) in [5, 5.41) is 2.03. The Hall–Kier alpha value is -2.22. The Morgan fingerprint density at radius 1 is 1.10 bits per heavy atom. The van der Waals surface area contributed by atoms with Crippen molar-refractivity contribution in [2.24, 2.45) is 5.92 Å². The lowest BCUT2D eigenvalue weighted by Crippen LogP contribution is -2.59. The number of rotatable bonds is 10. The highest BCUT2D eigenvalue weighted by Gasteiger charge is 2.61. The van der Waals surface area contributed by atoms with Crippen LogP contribution in [-0.2, 0) is 28.8 Å². The molecule has 42 heavy (non-hydrogen) atoms. The third-order valence-corrected chi connectivity index (χ3v) is 9.35. The fraction of sp³-hybridized carbons (Fsp3) is 0.552. The van der Waals surface area contributed by atoms with Crippen LogP contribution >= 0.6 is 11.6 Å². The van der Waals surface area contributed by atoms with Crippen LogP contribution in [0.25, 0.3) is 11.1 Å². The van der Waals surface area contributed by atoms with E-state index in [1.54, 1.807) is 12.1 Å². The fourth-order valence-electron chi connectivity index (χ4n) is 5.69. The van der Waals surface area contributed by atoms with E-state index in [0.717, 1.165) is 6.26 Å². The first kappa shape index (κ1) is 32.7. The number of sulfone groups is 1. The van der Waals surface area contributed by atoms with Crippen LogP contribution in [0.3, 0.4) is 0 Å². The standard InChI is InChI=1S/C29H36ClF3N2O6S/c1-17(2)14-23(27(36)35-15-22(30)24-26(35)28(39-3,40-4)16-41-24)34-25(29(31,32)33)20-8-6-18(7-9-20)19-10-12-21(13-11-19)42(5,37)38/h6-13,17,22-26,34H,14-16H2,1-5H3. The van der Waals surface area contributed by atoms with Crippen LogP contribution in [0.4, 0.5) is 13.2 Å². The average Bonchev–Trinajstić information content (AvgIpc) is 3.48. The maximum Gasteiger partial charge on any atom is 0.407 e. The summed E-state index contributed by atoms with van der Waals surface area (Å²) in [5.74, 6) is -1.93. The van der Waals surface area contributed by atoms with Crippen molar-refractivity contribution in [2.45, 2.75) is 66.7 Å². The molecule has 2 saturated heterocycles. The zero-order valence-electron chi connectivity index (χ0n) is 24.0. The predicted octanol–water partition coefficient (Wildman–Crippen LogP) is 4.57. The van der Waals surface area contributed by atoms with Gasteiger partial charge >= 0.3 is 6.18 Å². The minimum absolute atomic E-state index is 0.0269. The number of carbonyl (C=O) groups is 1. The molecule has 2 aromatic carbocycles. The van der Waals surface area contributed by atoms with Gasteiger partial charge < -0.3 is 19.1 Å². The van der Waals surface area contributed by atoms with E-state index >= 15 is 0 Å². The van der Waals surface area contributed by atoms with Gasteiger partial charge in [-0.15, -0.1) is 11.6 Å². The molecule has 0 bridgehead atoms. The maximum absolute atomic E-state index is 14.5. The topological polar surface area (TPSA) is 94.2 Å². The molecule has 0 spiro atoms. The summed E-state index contributed by atoms with van der Waals surface area (Å²) in [6.07, 6.45) is -4.06. The second kappa shape index (κ2) is 12.4. The number of likely N-dealkylation sites (tertiary alicyclic amines) is 1. The van der Waals surface area contributed by atoms with E-state index in [4.69, 9.17) is 25.8 Å². The molecular formula is C29H36ClF3N2O6S. The largest absolute Gasteiger partial charge is 0.407 e. The van der Waals surface area contributed by atoms with Gasteiger partial charge in [0.15, 0.2) is 9.84 Å². The molecule has 2 aromatic rings. The van der Waals surface area contributed by atoms with Crippen LogP contribution in [0.2, 0.25) is 0 Å². The van der Waals surface area contributed by atoms with Crippen molar-refractivity contribution < 1.29 is 40.6 Å². The number of methoxy groups -OCH3 is 2. The van der Waals surface area contributed by atoms with Crippen molar-refractivity contribution in [1.82, 2.24) is 10.2 Å². The molecule has 13 heteroatoms. The van der Waals surface area contributed by atoms with Gasteiger partial charge in [0.05, 0.1) is 16.3 Å². The molecule has 0 aliphatic carbocycles. The lowest BCUT2D eigenvalue weighted by Gasteiger charge is -2.38. The van der Waals surface area contributed by atoms with Crippen LogP contribution in [0.15, 0.2) is 53.4 Å². The molecule has 0 saturated carbocycles. The summed E-state index contributed by atoms with van der Waals surface area (Å²) in [6, 6.07) is 7.84. The van der Waals surface area contributed by atoms with Gasteiger partial charge in [-0.1, -0.05) is 50.2 Å². The van der Waals surface area contributed by atoms with Gasteiger partial charge in [0.1, 0.15) is 24.8 Å². The highest BCUT2D eigenvalue weighted by Crippen LogP contribution is 2.42. The van der Waals surface area contributed by atoms with Crippen LogP contribution in [0, 0.1) is 5.92 Å². The summed E-state index contributed by atoms with van der Waals surface area (Å²) in [6.45, 7) is 3.76. The van der Waals surface area contributed by atoms with Gasteiger partial charge in [-0.2, -0.15) is 13.2 Å². The van der Waals surface area contributed by atoms with Crippen molar-refractivity contribution >= 4 is 27.3 Å². The lowest BCUT2D eigenvalue weighted by molar-refractivity contribution is -0.227. The first-order valence-electron chi connectivity index (χ1n) is 13.5. The zero-order valence-corrected chi connectivity index (χ0v) is 25.6. The van der Waals surface area contributed by atoms with Gasteiger partial charge in [-0.25, -0.2) is 8.42 Å². The third kappa shape index (κ3) is 6.63. The number of halogens is 4. The number of nitrogens with zero attached hydrogens (tertiary/aromatic N) is 1. The number of alkyl halides is 4. The molecule has 1 amide bonds. The number of fused-ring (bicyclic) bond motifs is 1. The summed E-state index contributed by atoms with van der Waals surface area (Å²) in [5.41, 5.74) is 1.20. The van der Waals surface area contributed by atoms with Crippen LogP contribution in [-0.4, -0.2) is 88.4 Å². The molecular weight excluding hydrogens is 597 g/mol. The zero-order chi connectivity index (χ0) is 31.0. The first-order chi connectivity index (χ1) is 19.6. The molecule has 232 valence electrons. The quantitative estimate of drug-likeness (QED) is 0.303. The van der Waals surface area contributed by atoms with E-state index in [0.29, 0.717) is 11.1 Å². The van der Waals surface area contributed by atoms with Crippen LogP contribution in [0.5, 0.6) is 0 Å². The van der Waals surface area contributed by atoms with Crippen molar-refractivity contribution in [2.75, 3.05) is 33.6 Å². The summed E-state index contributed by atoms with van der Waals surface area (Å²) >= 11 is 6.51. The molecule has 2 heterocycles. The Bertz CT molecular complexity index is 1350. The molecule has 4 rings (SSSR count).